The van der Waals surface area contributed by atoms with Crippen molar-refractivity contribution in [3.8, 4) is 22.8 Å². The number of benzene rings is 3. The molecule has 1 heterocycles. The Morgan fingerprint density at radius 2 is 1.46 bits per heavy atom. The number of carbonyl (C=O) groups excluding carboxylic acids is 3. The van der Waals surface area contributed by atoms with Crippen molar-refractivity contribution in [3.63, 3.8) is 0 Å². The lowest BCUT2D eigenvalue weighted by atomic mass is 10.0. The van der Waals surface area contributed by atoms with Gasteiger partial charge in [-0.25, -0.2) is 4.79 Å². The Bertz CT molecular complexity index is 1440. The Balaban J connectivity index is 1.82. The number of amides is 1. The lowest BCUT2D eigenvalue weighted by Crippen LogP contribution is -2.25. The minimum absolute atomic E-state index is 0.0208. The highest BCUT2D eigenvalue weighted by Gasteiger charge is 2.28. The Labute approximate surface area is 202 Å². The summed E-state index contributed by atoms with van der Waals surface area (Å²) >= 11 is 0. The molecule has 4 aromatic rings. The topological polar surface area (TPSA) is 95.9 Å². The van der Waals surface area contributed by atoms with Crippen molar-refractivity contribution in [2.75, 3.05) is 26.6 Å². The van der Waals surface area contributed by atoms with Crippen molar-refractivity contribution in [2.45, 2.75) is 0 Å². The second-order valence-electron chi connectivity index (χ2n) is 7.69. The Kier molecular flexibility index (Phi) is 6.55. The van der Waals surface area contributed by atoms with E-state index in [4.69, 9.17) is 14.2 Å². The number of aromatic nitrogens is 1. The molecule has 35 heavy (non-hydrogen) atoms. The molecule has 3 aromatic carbocycles. The number of nitrogens with one attached hydrogen (secondary N) is 1. The molecular formula is C27H24N2O6. The summed E-state index contributed by atoms with van der Waals surface area (Å²) in [4.78, 5) is 39.3. The van der Waals surface area contributed by atoms with E-state index in [1.807, 2.05) is 60.1 Å². The normalized spacial score (nSPS) is 10.6. The quantitative estimate of drug-likeness (QED) is 0.242. The first-order chi connectivity index (χ1) is 16.9. The van der Waals surface area contributed by atoms with E-state index in [9.17, 15) is 14.4 Å². The Hall–Kier alpha value is -4.59. The standard InChI is InChI=1S/C27H24N2O6/c1-29-20-13-9-8-12-17(20)23(24(29)16-10-6-5-7-11-16)25(30)26(31)28-19-15-22(34-3)21(33-2)14-18(19)27(32)35-4/h5-15H,1-4H3,(H,28,31). The molecule has 178 valence electrons. The van der Waals surface area contributed by atoms with Gasteiger partial charge in [0, 0.05) is 30.1 Å². The average molecular weight is 472 g/mol. The number of carbonyl (C=O) groups is 3. The summed E-state index contributed by atoms with van der Waals surface area (Å²) in [7, 11) is 5.92. The molecule has 0 saturated carbocycles. The molecule has 0 aliphatic rings. The van der Waals surface area contributed by atoms with Crippen molar-refractivity contribution in [1.29, 1.82) is 0 Å². The van der Waals surface area contributed by atoms with E-state index >= 15 is 0 Å². The van der Waals surface area contributed by atoms with Gasteiger partial charge in [-0.15, -0.1) is 0 Å². The van der Waals surface area contributed by atoms with Gasteiger partial charge in [-0.3, -0.25) is 9.59 Å². The summed E-state index contributed by atoms with van der Waals surface area (Å²) in [5.41, 5.74) is 2.58. The maximum absolute atomic E-state index is 13.6. The van der Waals surface area contributed by atoms with Crippen molar-refractivity contribution in [1.82, 2.24) is 4.57 Å². The fraction of sp³-hybridized carbons (Fsp3) is 0.148. The van der Waals surface area contributed by atoms with Crippen LogP contribution < -0.4 is 14.8 Å². The summed E-state index contributed by atoms with van der Waals surface area (Å²) in [6.45, 7) is 0. The molecule has 0 aliphatic carbocycles. The largest absolute Gasteiger partial charge is 0.493 e. The van der Waals surface area contributed by atoms with Gasteiger partial charge in [-0.1, -0.05) is 48.5 Å². The van der Waals surface area contributed by atoms with Gasteiger partial charge >= 0.3 is 5.97 Å². The number of ether oxygens (including phenoxy) is 3. The van der Waals surface area contributed by atoms with E-state index in [2.05, 4.69) is 5.32 Å². The predicted octanol–water partition coefficient (Wildman–Crippen LogP) is 4.47. The van der Waals surface area contributed by atoms with Gasteiger partial charge in [0.25, 0.3) is 11.7 Å². The van der Waals surface area contributed by atoms with Gasteiger partial charge < -0.3 is 24.1 Å². The number of fused-ring (bicyclic) bond motifs is 1. The number of Topliss-reactive ketones (excluding diaryl/α,β-unsaturated/α-hetero) is 1. The lowest BCUT2D eigenvalue weighted by Gasteiger charge is -2.14. The molecule has 1 aromatic heterocycles. The minimum atomic E-state index is -0.907. The van der Waals surface area contributed by atoms with Crippen LogP contribution in [0.1, 0.15) is 20.7 Å². The molecule has 8 nitrogen and oxygen atoms in total. The average Bonchev–Trinajstić information content (AvgIpc) is 3.20. The second-order valence-corrected chi connectivity index (χ2v) is 7.69. The molecule has 0 radical (unpaired) electrons. The van der Waals surface area contributed by atoms with E-state index in [0.29, 0.717) is 11.1 Å². The van der Waals surface area contributed by atoms with Crippen LogP contribution in [0.4, 0.5) is 5.69 Å². The zero-order valence-corrected chi connectivity index (χ0v) is 19.7. The number of hydrogen-bond acceptors (Lipinski definition) is 6. The first-order valence-corrected chi connectivity index (χ1v) is 10.7. The molecule has 0 spiro atoms. The van der Waals surface area contributed by atoms with E-state index in [1.54, 1.807) is 6.07 Å². The number of nitrogens with zero attached hydrogens (tertiary/aromatic N) is 1. The van der Waals surface area contributed by atoms with Gasteiger partial charge in [-0.2, -0.15) is 0 Å². The molecule has 0 atom stereocenters. The number of rotatable bonds is 7. The van der Waals surface area contributed by atoms with Crippen LogP contribution in [0.2, 0.25) is 0 Å². The molecule has 8 heteroatoms. The van der Waals surface area contributed by atoms with Gasteiger partial charge in [0.1, 0.15) is 0 Å². The third-order valence-electron chi connectivity index (χ3n) is 5.76. The number of methoxy groups -OCH3 is 3. The Morgan fingerprint density at radius 3 is 2.11 bits per heavy atom. The maximum Gasteiger partial charge on any atom is 0.340 e. The zero-order valence-electron chi connectivity index (χ0n) is 19.7. The summed E-state index contributed by atoms with van der Waals surface area (Å²) in [6.07, 6.45) is 0. The molecule has 0 unspecified atom stereocenters. The second kappa shape index (κ2) is 9.72. The van der Waals surface area contributed by atoms with E-state index < -0.39 is 17.7 Å². The lowest BCUT2D eigenvalue weighted by molar-refractivity contribution is -0.112. The molecule has 0 bridgehead atoms. The molecule has 1 N–H and O–H groups in total. The number of anilines is 1. The van der Waals surface area contributed by atoms with E-state index in [-0.39, 0.29) is 28.3 Å². The number of esters is 1. The van der Waals surface area contributed by atoms with Crippen molar-refractivity contribution in [2.24, 2.45) is 7.05 Å². The van der Waals surface area contributed by atoms with Crippen molar-refractivity contribution >= 4 is 34.3 Å². The molecule has 0 saturated heterocycles. The zero-order chi connectivity index (χ0) is 25.1. The maximum atomic E-state index is 13.6. The van der Waals surface area contributed by atoms with Gasteiger partial charge in [0.05, 0.1) is 43.8 Å². The summed E-state index contributed by atoms with van der Waals surface area (Å²) < 4.78 is 17.3. The summed E-state index contributed by atoms with van der Waals surface area (Å²) in [6, 6.07) is 19.6. The number of para-hydroxylation sites is 1. The first-order valence-electron chi connectivity index (χ1n) is 10.7. The molecule has 4 rings (SSSR count). The van der Waals surface area contributed by atoms with Crippen LogP contribution in [0, 0.1) is 0 Å². The molecular weight excluding hydrogens is 448 g/mol. The highest BCUT2D eigenvalue weighted by Crippen LogP contribution is 2.36. The minimum Gasteiger partial charge on any atom is -0.493 e. The fourth-order valence-corrected chi connectivity index (χ4v) is 4.11. The predicted molar refractivity (Wildman–Crippen MR) is 132 cm³/mol. The highest BCUT2D eigenvalue weighted by molar-refractivity contribution is 6.49. The number of ketones is 1. The SMILES string of the molecule is COC(=O)c1cc(OC)c(OC)cc1NC(=O)C(=O)c1c(-c2ccccc2)n(C)c2ccccc12. The monoisotopic (exact) mass is 472 g/mol. The molecule has 0 aliphatic heterocycles. The number of aryl methyl sites for hydroxylation is 1. The van der Waals surface area contributed by atoms with Crippen LogP contribution in [0.5, 0.6) is 11.5 Å². The van der Waals surface area contributed by atoms with Crippen LogP contribution in [0.25, 0.3) is 22.2 Å². The Morgan fingerprint density at radius 1 is 0.829 bits per heavy atom. The van der Waals surface area contributed by atoms with Crippen LogP contribution in [-0.4, -0.2) is 43.6 Å². The highest BCUT2D eigenvalue weighted by atomic mass is 16.5. The van der Waals surface area contributed by atoms with E-state index in [1.165, 1.54) is 33.5 Å². The molecule has 1 amide bonds. The van der Waals surface area contributed by atoms with Gasteiger partial charge in [0.15, 0.2) is 11.5 Å². The smallest absolute Gasteiger partial charge is 0.340 e. The fourth-order valence-electron chi connectivity index (χ4n) is 4.11. The van der Waals surface area contributed by atoms with Crippen molar-refractivity contribution < 1.29 is 28.6 Å². The van der Waals surface area contributed by atoms with E-state index in [0.717, 1.165) is 11.1 Å². The third kappa shape index (κ3) is 4.21. The number of hydrogen-bond donors (Lipinski definition) is 1. The van der Waals surface area contributed by atoms with Crippen LogP contribution >= 0.6 is 0 Å². The third-order valence-corrected chi connectivity index (χ3v) is 5.76. The summed E-state index contributed by atoms with van der Waals surface area (Å²) in [5, 5.41) is 3.22. The summed E-state index contributed by atoms with van der Waals surface area (Å²) in [5.74, 6) is -1.80. The van der Waals surface area contributed by atoms with Crippen molar-refractivity contribution in [3.05, 3.63) is 77.9 Å². The first kappa shape index (κ1) is 23.6. The van der Waals surface area contributed by atoms with Gasteiger partial charge in [0.2, 0.25) is 0 Å². The molecule has 0 fully saturated rings. The van der Waals surface area contributed by atoms with Crippen LogP contribution in [0.3, 0.4) is 0 Å². The van der Waals surface area contributed by atoms with Gasteiger partial charge in [-0.05, 0) is 11.6 Å². The van der Waals surface area contributed by atoms with Crippen LogP contribution in [-0.2, 0) is 16.6 Å². The van der Waals surface area contributed by atoms with Crippen LogP contribution in [0.15, 0.2) is 66.7 Å².